The van der Waals surface area contributed by atoms with Gasteiger partial charge in [-0.25, -0.2) is 4.98 Å². The van der Waals surface area contributed by atoms with Crippen LogP contribution in [0.15, 0.2) is 18.3 Å². The Kier molecular flexibility index (Phi) is 2.87. The van der Waals surface area contributed by atoms with Crippen molar-refractivity contribution in [3.05, 3.63) is 24.3 Å². The van der Waals surface area contributed by atoms with E-state index in [9.17, 15) is 9.18 Å². The number of hydrogen-bond donors (Lipinski definition) is 2. The number of pyridine rings is 1. The summed E-state index contributed by atoms with van der Waals surface area (Å²) in [4.78, 5) is 15.3. The summed E-state index contributed by atoms with van der Waals surface area (Å²) < 4.78 is 12.6. The molecule has 1 aromatic rings. The normalized spacial score (nSPS) is 18.4. The van der Waals surface area contributed by atoms with E-state index in [0.717, 1.165) is 12.8 Å². The molecule has 0 unspecified atom stereocenters. The number of carbonyl (C=O) groups is 1. The number of halogens is 1. The molecular formula is C11H14FN3O. The van der Waals surface area contributed by atoms with Gasteiger partial charge in [-0.1, -0.05) is 12.8 Å². The van der Waals surface area contributed by atoms with Gasteiger partial charge in [-0.2, -0.15) is 4.39 Å². The first kappa shape index (κ1) is 11.0. The Morgan fingerprint density at radius 3 is 2.69 bits per heavy atom. The van der Waals surface area contributed by atoms with Crippen molar-refractivity contribution in [3.63, 3.8) is 0 Å². The van der Waals surface area contributed by atoms with Crippen LogP contribution in [0.5, 0.6) is 0 Å². The minimum Gasteiger partial charge on any atom is -0.323 e. The molecule has 1 aromatic heterocycles. The fourth-order valence-corrected chi connectivity index (χ4v) is 1.94. The van der Waals surface area contributed by atoms with Gasteiger partial charge in [0, 0.05) is 0 Å². The zero-order valence-electron chi connectivity index (χ0n) is 8.87. The van der Waals surface area contributed by atoms with E-state index in [-0.39, 0.29) is 5.91 Å². The quantitative estimate of drug-likeness (QED) is 0.745. The summed E-state index contributed by atoms with van der Waals surface area (Å²) in [6.07, 6.45) is 4.64. The number of carbonyl (C=O) groups excluding carboxylic acids is 1. The van der Waals surface area contributed by atoms with Crippen molar-refractivity contribution < 1.29 is 9.18 Å². The Balaban J connectivity index is 2.04. The molecular weight excluding hydrogens is 209 g/mol. The highest BCUT2D eigenvalue weighted by atomic mass is 19.1. The van der Waals surface area contributed by atoms with Crippen LogP contribution in [-0.4, -0.2) is 16.4 Å². The molecule has 1 fully saturated rings. The van der Waals surface area contributed by atoms with Crippen LogP contribution in [0, 0.1) is 5.95 Å². The minimum atomic E-state index is -0.769. The monoisotopic (exact) mass is 223 g/mol. The first-order valence-corrected chi connectivity index (χ1v) is 5.32. The molecule has 0 spiro atoms. The van der Waals surface area contributed by atoms with Gasteiger partial charge >= 0.3 is 0 Å². The van der Waals surface area contributed by atoms with Gasteiger partial charge in [0.05, 0.1) is 17.4 Å². The molecule has 1 heterocycles. The number of amides is 1. The molecule has 16 heavy (non-hydrogen) atoms. The molecule has 1 aliphatic rings. The summed E-state index contributed by atoms with van der Waals surface area (Å²) >= 11 is 0. The second kappa shape index (κ2) is 4.17. The van der Waals surface area contributed by atoms with Gasteiger partial charge in [0.2, 0.25) is 11.9 Å². The molecule has 0 bridgehead atoms. The molecule has 3 N–H and O–H groups in total. The largest absolute Gasteiger partial charge is 0.323 e. The van der Waals surface area contributed by atoms with Gasteiger partial charge in [-0.05, 0) is 25.0 Å². The summed E-state index contributed by atoms with van der Waals surface area (Å²) in [6, 6.07) is 2.67. The number of rotatable bonds is 2. The van der Waals surface area contributed by atoms with Gasteiger partial charge in [0.25, 0.3) is 0 Å². The summed E-state index contributed by atoms with van der Waals surface area (Å²) in [5.41, 5.74) is 5.68. The maximum Gasteiger partial charge on any atom is 0.244 e. The Hall–Kier alpha value is -1.49. The van der Waals surface area contributed by atoms with Crippen LogP contribution in [0.25, 0.3) is 0 Å². The SMILES string of the molecule is NC1(C(=O)Nc2ccc(F)nc2)CCCC1. The van der Waals surface area contributed by atoms with E-state index < -0.39 is 11.5 Å². The number of nitrogens with two attached hydrogens (primary N) is 1. The lowest BCUT2D eigenvalue weighted by Crippen LogP contribution is -2.48. The Labute approximate surface area is 93.1 Å². The highest BCUT2D eigenvalue weighted by Crippen LogP contribution is 2.28. The molecule has 0 saturated heterocycles. The standard InChI is InChI=1S/C11H14FN3O/c12-9-4-3-8(7-14-9)15-10(16)11(13)5-1-2-6-11/h3-4,7H,1-2,5-6,13H2,(H,15,16). The summed E-state index contributed by atoms with van der Waals surface area (Å²) in [5.74, 6) is -0.778. The fraction of sp³-hybridized carbons (Fsp3) is 0.455. The lowest BCUT2D eigenvalue weighted by molar-refractivity contribution is -0.121. The van der Waals surface area contributed by atoms with Crippen LogP contribution in [0.1, 0.15) is 25.7 Å². The van der Waals surface area contributed by atoms with E-state index >= 15 is 0 Å². The molecule has 1 aliphatic carbocycles. The number of nitrogens with zero attached hydrogens (tertiary/aromatic N) is 1. The molecule has 86 valence electrons. The number of anilines is 1. The predicted molar refractivity (Wildman–Crippen MR) is 58.2 cm³/mol. The Morgan fingerprint density at radius 1 is 1.44 bits per heavy atom. The van der Waals surface area contributed by atoms with Crippen molar-refractivity contribution in [1.29, 1.82) is 0 Å². The smallest absolute Gasteiger partial charge is 0.244 e. The zero-order chi connectivity index (χ0) is 11.6. The Bertz CT molecular complexity index is 385. The first-order valence-electron chi connectivity index (χ1n) is 5.32. The summed E-state index contributed by atoms with van der Waals surface area (Å²) in [6.45, 7) is 0. The van der Waals surface area contributed by atoms with E-state index in [1.807, 2.05) is 0 Å². The van der Waals surface area contributed by atoms with Crippen molar-refractivity contribution in [2.24, 2.45) is 5.73 Å². The van der Waals surface area contributed by atoms with Crippen molar-refractivity contribution in [2.45, 2.75) is 31.2 Å². The maximum atomic E-state index is 12.6. The van der Waals surface area contributed by atoms with Crippen molar-refractivity contribution >= 4 is 11.6 Å². The van der Waals surface area contributed by atoms with Gasteiger partial charge in [-0.15, -0.1) is 0 Å². The lowest BCUT2D eigenvalue weighted by atomic mass is 9.98. The highest BCUT2D eigenvalue weighted by molar-refractivity contribution is 5.98. The van der Waals surface area contributed by atoms with Gasteiger partial charge in [0.15, 0.2) is 0 Å². The fourth-order valence-electron chi connectivity index (χ4n) is 1.94. The second-order valence-corrected chi connectivity index (χ2v) is 4.19. The zero-order valence-corrected chi connectivity index (χ0v) is 8.87. The summed E-state index contributed by atoms with van der Waals surface area (Å²) in [7, 11) is 0. The van der Waals surface area contributed by atoms with E-state index in [1.54, 1.807) is 0 Å². The van der Waals surface area contributed by atoms with Gasteiger partial charge in [0.1, 0.15) is 0 Å². The van der Waals surface area contributed by atoms with Crippen LogP contribution in [-0.2, 0) is 4.79 Å². The number of nitrogens with one attached hydrogen (secondary N) is 1. The van der Waals surface area contributed by atoms with Crippen molar-refractivity contribution in [2.75, 3.05) is 5.32 Å². The predicted octanol–water partition coefficient (Wildman–Crippen LogP) is 1.43. The van der Waals surface area contributed by atoms with Crippen LogP contribution < -0.4 is 11.1 Å². The van der Waals surface area contributed by atoms with Crippen LogP contribution in [0.3, 0.4) is 0 Å². The van der Waals surface area contributed by atoms with Crippen LogP contribution >= 0.6 is 0 Å². The average molecular weight is 223 g/mol. The molecule has 1 saturated carbocycles. The minimum absolute atomic E-state index is 0.210. The average Bonchev–Trinajstić information content (AvgIpc) is 2.70. The second-order valence-electron chi connectivity index (χ2n) is 4.19. The molecule has 0 atom stereocenters. The maximum absolute atomic E-state index is 12.6. The molecule has 5 heteroatoms. The number of aromatic nitrogens is 1. The molecule has 0 aromatic carbocycles. The molecule has 2 rings (SSSR count). The third kappa shape index (κ3) is 2.19. The van der Waals surface area contributed by atoms with E-state index in [2.05, 4.69) is 10.3 Å². The van der Waals surface area contributed by atoms with Crippen LogP contribution in [0.2, 0.25) is 0 Å². The van der Waals surface area contributed by atoms with E-state index in [1.165, 1.54) is 18.3 Å². The molecule has 0 radical (unpaired) electrons. The van der Waals surface area contributed by atoms with E-state index in [4.69, 9.17) is 5.73 Å². The van der Waals surface area contributed by atoms with Crippen LogP contribution in [0.4, 0.5) is 10.1 Å². The topological polar surface area (TPSA) is 68.0 Å². The number of hydrogen-bond acceptors (Lipinski definition) is 3. The third-order valence-electron chi connectivity index (χ3n) is 2.93. The van der Waals surface area contributed by atoms with Gasteiger partial charge in [-0.3, -0.25) is 4.79 Å². The molecule has 4 nitrogen and oxygen atoms in total. The molecule has 0 aliphatic heterocycles. The lowest BCUT2D eigenvalue weighted by Gasteiger charge is -2.21. The van der Waals surface area contributed by atoms with E-state index in [0.29, 0.717) is 18.5 Å². The van der Waals surface area contributed by atoms with Crippen molar-refractivity contribution in [3.8, 4) is 0 Å². The highest BCUT2D eigenvalue weighted by Gasteiger charge is 2.36. The Morgan fingerprint density at radius 2 is 2.12 bits per heavy atom. The summed E-state index contributed by atoms with van der Waals surface area (Å²) in [5, 5.41) is 2.66. The third-order valence-corrected chi connectivity index (χ3v) is 2.93. The van der Waals surface area contributed by atoms with Crippen molar-refractivity contribution in [1.82, 2.24) is 4.98 Å². The van der Waals surface area contributed by atoms with Gasteiger partial charge < -0.3 is 11.1 Å². The first-order chi connectivity index (χ1) is 7.60. The molecule has 1 amide bonds.